The molecule has 0 radical (unpaired) electrons. The zero-order chi connectivity index (χ0) is 18.4. The lowest BCUT2D eigenvalue weighted by atomic mass is 10.2. The van der Waals surface area contributed by atoms with E-state index in [9.17, 15) is 19.2 Å². The smallest absolute Gasteiger partial charge is 0.248 e. The first-order chi connectivity index (χ1) is 11.8. The zero-order valence-electron chi connectivity index (χ0n) is 13.1. The topological polar surface area (TPSA) is 144 Å². The van der Waals surface area contributed by atoms with E-state index in [1.807, 2.05) is 0 Å². The van der Waals surface area contributed by atoms with Crippen LogP contribution in [0.3, 0.4) is 0 Å². The Kier molecular flexibility index (Phi) is 5.47. The molecule has 0 bridgehead atoms. The van der Waals surface area contributed by atoms with Crippen molar-refractivity contribution in [2.75, 3.05) is 10.6 Å². The van der Waals surface area contributed by atoms with Gasteiger partial charge in [-0.1, -0.05) is 12.1 Å². The standard InChI is InChI=1S/C17H16N4O4/c18-16(24)10-3-1-5-12(7-10)20-14(22)9-15(23)21-13-6-2-4-11(8-13)17(19)25/h1-8H,9H2,(H2,18,24)(H2,19,25)(H,20,22)(H,21,23). The minimum absolute atomic E-state index is 0.241. The predicted molar refractivity (Wildman–Crippen MR) is 91.8 cm³/mol. The van der Waals surface area contributed by atoms with Crippen LogP contribution in [0.1, 0.15) is 27.1 Å². The Bertz CT molecular complexity index is 779. The lowest BCUT2D eigenvalue weighted by Crippen LogP contribution is -2.22. The van der Waals surface area contributed by atoms with Crippen molar-refractivity contribution in [1.29, 1.82) is 0 Å². The molecule has 2 aromatic carbocycles. The molecule has 128 valence electrons. The van der Waals surface area contributed by atoms with Gasteiger partial charge in [-0.05, 0) is 36.4 Å². The highest BCUT2D eigenvalue weighted by molar-refractivity contribution is 6.08. The van der Waals surface area contributed by atoms with Gasteiger partial charge in [-0.15, -0.1) is 0 Å². The molecule has 0 spiro atoms. The Morgan fingerprint density at radius 2 is 1.12 bits per heavy atom. The molecule has 6 N–H and O–H groups in total. The molecule has 2 rings (SSSR count). The lowest BCUT2D eigenvalue weighted by Gasteiger charge is -2.08. The van der Waals surface area contributed by atoms with E-state index in [0.29, 0.717) is 11.4 Å². The Labute approximate surface area is 143 Å². The minimum atomic E-state index is -0.622. The summed E-state index contributed by atoms with van der Waals surface area (Å²) < 4.78 is 0. The molecule has 8 nitrogen and oxygen atoms in total. The van der Waals surface area contributed by atoms with E-state index in [4.69, 9.17) is 11.5 Å². The summed E-state index contributed by atoms with van der Waals surface area (Å²) in [5, 5.41) is 5.00. The maximum atomic E-state index is 11.9. The molecule has 0 fully saturated rings. The Hall–Kier alpha value is -3.68. The Balaban J connectivity index is 1.95. The number of anilines is 2. The summed E-state index contributed by atoms with van der Waals surface area (Å²) >= 11 is 0. The molecular weight excluding hydrogens is 324 g/mol. The zero-order valence-corrected chi connectivity index (χ0v) is 13.1. The van der Waals surface area contributed by atoms with E-state index < -0.39 is 30.0 Å². The van der Waals surface area contributed by atoms with Crippen molar-refractivity contribution in [1.82, 2.24) is 0 Å². The molecule has 0 saturated carbocycles. The second-order valence-corrected chi connectivity index (χ2v) is 5.16. The van der Waals surface area contributed by atoms with Gasteiger partial charge in [0.1, 0.15) is 6.42 Å². The van der Waals surface area contributed by atoms with Crippen LogP contribution in [0.2, 0.25) is 0 Å². The van der Waals surface area contributed by atoms with E-state index in [-0.39, 0.29) is 11.1 Å². The summed E-state index contributed by atoms with van der Waals surface area (Å²) in [6.07, 6.45) is -0.443. The minimum Gasteiger partial charge on any atom is -0.366 e. The van der Waals surface area contributed by atoms with Gasteiger partial charge >= 0.3 is 0 Å². The number of hydrogen-bond donors (Lipinski definition) is 4. The molecule has 8 heteroatoms. The third-order valence-electron chi connectivity index (χ3n) is 3.18. The van der Waals surface area contributed by atoms with E-state index in [1.54, 1.807) is 24.3 Å². The fourth-order valence-electron chi connectivity index (χ4n) is 2.06. The highest BCUT2D eigenvalue weighted by Gasteiger charge is 2.11. The molecule has 0 aliphatic heterocycles. The van der Waals surface area contributed by atoms with Crippen LogP contribution in [0, 0.1) is 0 Å². The van der Waals surface area contributed by atoms with Gasteiger partial charge in [-0.2, -0.15) is 0 Å². The molecule has 0 unspecified atom stereocenters. The van der Waals surface area contributed by atoms with Crippen molar-refractivity contribution in [3.63, 3.8) is 0 Å². The quantitative estimate of drug-likeness (QED) is 0.578. The number of nitrogens with one attached hydrogen (secondary N) is 2. The van der Waals surface area contributed by atoms with Gasteiger partial charge in [0.25, 0.3) is 0 Å². The highest BCUT2D eigenvalue weighted by Crippen LogP contribution is 2.12. The monoisotopic (exact) mass is 340 g/mol. The SMILES string of the molecule is NC(=O)c1cccc(NC(=O)CC(=O)Nc2cccc(C(N)=O)c2)c1. The molecule has 25 heavy (non-hydrogen) atoms. The van der Waals surface area contributed by atoms with E-state index in [2.05, 4.69) is 10.6 Å². The predicted octanol–water partition coefficient (Wildman–Crippen LogP) is 0.852. The lowest BCUT2D eigenvalue weighted by molar-refractivity contribution is -0.123. The number of amides is 4. The summed E-state index contributed by atoms with van der Waals surface area (Å²) in [6, 6.07) is 12.1. The van der Waals surface area contributed by atoms with Gasteiger partial charge in [0.15, 0.2) is 0 Å². The van der Waals surface area contributed by atoms with Gasteiger partial charge in [-0.3, -0.25) is 19.2 Å². The summed E-state index contributed by atoms with van der Waals surface area (Å²) in [6.45, 7) is 0. The van der Waals surface area contributed by atoms with E-state index in [0.717, 1.165) is 0 Å². The highest BCUT2D eigenvalue weighted by atomic mass is 16.2. The average Bonchev–Trinajstić information content (AvgIpc) is 2.54. The summed E-state index contributed by atoms with van der Waals surface area (Å²) in [5.41, 5.74) is 11.5. The van der Waals surface area contributed by atoms with E-state index in [1.165, 1.54) is 24.3 Å². The fraction of sp³-hybridized carbons (Fsp3) is 0.0588. The summed E-state index contributed by atoms with van der Waals surface area (Å²) in [4.78, 5) is 46.0. The average molecular weight is 340 g/mol. The number of hydrogen-bond acceptors (Lipinski definition) is 4. The van der Waals surface area contributed by atoms with Crippen LogP contribution in [-0.2, 0) is 9.59 Å². The molecule has 0 atom stereocenters. The van der Waals surface area contributed by atoms with Crippen molar-refractivity contribution < 1.29 is 19.2 Å². The van der Waals surface area contributed by atoms with Crippen molar-refractivity contribution in [2.24, 2.45) is 11.5 Å². The van der Waals surface area contributed by atoms with Crippen LogP contribution in [0.25, 0.3) is 0 Å². The van der Waals surface area contributed by atoms with Crippen molar-refractivity contribution in [2.45, 2.75) is 6.42 Å². The summed E-state index contributed by atoms with van der Waals surface area (Å²) in [7, 11) is 0. The molecule has 2 aromatic rings. The molecule has 4 amide bonds. The largest absolute Gasteiger partial charge is 0.366 e. The number of benzene rings is 2. The molecule has 0 heterocycles. The first kappa shape index (κ1) is 17.7. The van der Waals surface area contributed by atoms with E-state index >= 15 is 0 Å². The first-order valence-electron chi connectivity index (χ1n) is 7.24. The van der Waals surface area contributed by atoms with Gasteiger partial charge < -0.3 is 22.1 Å². The Morgan fingerprint density at radius 1 is 0.720 bits per heavy atom. The van der Waals surface area contributed by atoms with Crippen LogP contribution in [0.5, 0.6) is 0 Å². The number of carbonyl (C=O) groups is 4. The second-order valence-electron chi connectivity index (χ2n) is 5.16. The number of primary amides is 2. The van der Waals surface area contributed by atoms with Gasteiger partial charge in [0, 0.05) is 22.5 Å². The molecular formula is C17H16N4O4. The van der Waals surface area contributed by atoms with Gasteiger partial charge in [0.05, 0.1) is 0 Å². The number of rotatable bonds is 6. The normalized spacial score (nSPS) is 9.92. The number of nitrogens with two attached hydrogens (primary N) is 2. The fourth-order valence-corrected chi connectivity index (χ4v) is 2.06. The van der Waals surface area contributed by atoms with Crippen LogP contribution in [0.4, 0.5) is 11.4 Å². The first-order valence-corrected chi connectivity index (χ1v) is 7.24. The van der Waals surface area contributed by atoms with Gasteiger partial charge in [-0.25, -0.2) is 0 Å². The third kappa shape index (κ3) is 5.17. The Morgan fingerprint density at radius 3 is 1.48 bits per heavy atom. The third-order valence-corrected chi connectivity index (χ3v) is 3.18. The molecule has 0 aliphatic carbocycles. The maximum Gasteiger partial charge on any atom is 0.248 e. The molecule has 0 aliphatic rings. The second kappa shape index (κ2) is 7.73. The van der Waals surface area contributed by atoms with Crippen LogP contribution >= 0.6 is 0 Å². The maximum absolute atomic E-state index is 11.9. The van der Waals surface area contributed by atoms with Crippen LogP contribution in [-0.4, -0.2) is 23.6 Å². The number of carbonyl (C=O) groups excluding carboxylic acids is 4. The van der Waals surface area contributed by atoms with Gasteiger partial charge in [0.2, 0.25) is 23.6 Å². The van der Waals surface area contributed by atoms with Crippen molar-refractivity contribution >= 4 is 35.0 Å². The van der Waals surface area contributed by atoms with Crippen LogP contribution < -0.4 is 22.1 Å². The molecule has 0 saturated heterocycles. The van der Waals surface area contributed by atoms with Crippen LogP contribution in [0.15, 0.2) is 48.5 Å². The summed E-state index contributed by atoms with van der Waals surface area (Å²) in [5.74, 6) is -2.37. The molecule has 0 aromatic heterocycles. The van der Waals surface area contributed by atoms with Crippen molar-refractivity contribution in [3.8, 4) is 0 Å². The van der Waals surface area contributed by atoms with Crippen molar-refractivity contribution in [3.05, 3.63) is 59.7 Å².